The molecule has 1 aromatic carbocycles. The van der Waals surface area contributed by atoms with Gasteiger partial charge in [-0.3, -0.25) is 4.90 Å². The molecule has 2 aliphatic rings. The van der Waals surface area contributed by atoms with Crippen LogP contribution in [0.25, 0.3) is 0 Å². The number of hydrogen-bond donors (Lipinski definition) is 1. The average molecular weight is 412 g/mol. The zero-order valence-electron chi connectivity index (χ0n) is 15.4. The zero-order valence-corrected chi connectivity index (χ0v) is 16.9. The summed E-state index contributed by atoms with van der Waals surface area (Å²) in [4.78, 5) is 2.25. The summed E-state index contributed by atoms with van der Waals surface area (Å²) in [5, 5.41) is 30.5. The fraction of sp³-hybridized carbons (Fsp3) is 0.381. The van der Waals surface area contributed by atoms with Crippen LogP contribution in [0, 0.1) is 45.3 Å². The molecule has 0 spiro atoms. The Kier molecular flexibility index (Phi) is 5.69. The van der Waals surface area contributed by atoms with Crippen LogP contribution < -0.4 is 5.73 Å². The fourth-order valence-electron chi connectivity index (χ4n) is 4.34. The standard InChI is InChI=1S/C21H19Cl2N5/c1-2-7-28-8-6-13-15(9-24)20(27)21(11-25,12-26)18(16(13)10-28)14-4-3-5-17(22)19(14)23/h3-6,16,18H,2,7-8,10,27H2,1H3/t16-,18-/m0/s1. The van der Waals surface area contributed by atoms with E-state index in [-0.39, 0.29) is 17.2 Å². The van der Waals surface area contributed by atoms with Crippen LogP contribution in [0.2, 0.25) is 10.0 Å². The van der Waals surface area contributed by atoms with Gasteiger partial charge in [-0.1, -0.05) is 48.3 Å². The summed E-state index contributed by atoms with van der Waals surface area (Å²) < 4.78 is 0. The molecule has 0 bridgehead atoms. The summed E-state index contributed by atoms with van der Waals surface area (Å²) >= 11 is 12.7. The molecule has 0 saturated carbocycles. The maximum Gasteiger partial charge on any atom is 0.191 e. The number of nitrogens with two attached hydrogens (primary N) is 1. The van der Waals surface area contributed by atoms with Crippen LogP contribution in [0.5, 0.6) is 0 Å². The maximum atomic E-state index is 10.1. The Bertz CT molecular complexity index is 976. The van der Waals surface area contributed by atoms with E-state index in [1.807, 2.05) is 6.08 Å². The molecule has 1 aliphatic carbocycles. The highest BCUT2D eigenvalue weighted by atomic mass is 35.5. The second kappa shape index (κ2) is 7.86. The van der Waals surface area contributed by atoms with Crippen molar-refractivity contribution in [2.45, 2.75) is 19.3 Å². The zero-order chi connectivity index (χ0) is 20.5. The van der Waals surface area contributed by atoms with E-state index in [4.69, 9.17) is 28.9 Å². The van der Waals surface area contributed by atoms with Crippen LogP contribution in [0.4, 0.5) is 0 Å². The average Bonchev–Trinajstić information content (AvgIpc) is 2.70. The molecule has 142 valence electrons. The number of allylic oxidation sites excluding steroid dienone is 2. The van der Waals surface area contributed by atoms with Gasteiger partial charge in [-0.25, -0.2) is 0 Å². The van der Waals surface area contributed by atoms with Crippen LogP contribution in [-0.4, -0.2) is 24.5 Å². The van der Waals surface area contributed by atoms with Crippen molar-refractivity contribution in [1.82, 2.24) is 4.90 Å². The summed E-state index contributed by atoms with van der Waals surface area (Å²) in [5.41, 5.74) is 6.21. The van der Waals surface area contributed by atoms with E-state index in [2.05, 4.69) is 30.0 Å². The Balaban J connectivity index is 2.32. The number of benzene rings is 1. The first-order chi connectivity index (χ1) is 13.4. The third kappa shape index (κ3) is 2.95. The second-order valence-corrected chi connectivity index (χ2v) is 7.86. The summed E-state index contributed by atoms with van der Waals surface area (Å²) in [6.07, 6.45) is 2.96. The number of rotatable bonds is 3. The lowest BCUT2D eigenvalue weighted by molar-refractivity contribution is 0.207. The number of nitrogens with zero attached hydrogens (tertiary/aromatic N) is 4. The number of fused-ring (bicyclic) bond motifs is 1. The number of nitriles is 3. The Morgan fingerprint density at radius 1 is 1.25 bits per heavy atom. The quantitative estimate of drug-likeness (QED) is 0.805. The molecule has 1 aliphatic heterocycles. The van der Waals surface area contributed by atoms with Crippen molar-refractivity contribution >= 4 is 23.2 Å². The lowest BCUT2D eigenvalue weighted by Crippen LogP contribution is -2.48. The molecule has 2 atom stereocenters. The molecule has 7 heteroatoms. The molecule has 1 aromatic rings. The van der Waals surface area contributed by atoms with Crippen molar-refractivity contribution in [1.29, 1.82) is 15.8 Å². The smallest absolute Gasteiger partial charge is 0.191 e. The minimum Gasteiger partial charge on any atom is -0.399 e. The SMILES string of the molecule is CCCN1CC=C2C(C#N)=C(N)C(C#N)(C#N)[C@@H](c3cccc(Cl)c3Cl)[C@H]2C1. The molecule has 0 saturated heterocycles. The van der Waals surface area contributed by atoms with Crippen molar-refractivity contribution in [2.24, 2.45) is 17.1 Å². The van der Waals surface area contributed by atoms with Gasteiger partial charge in [-0.15, -0.1) is 0 Å². The molecule has 0 unspecified atom stereocenters. The monoisotopic (exact) mass is 411 g/mol. The van der Waals surface area contributed by atoms with E-state index in [0.29, 0.717) is 28.7 Å². The van der Waals surface area contributed by atoms with Gasteiger partial charge in [-0.05, 0) is 30.2 Å². The molecular weight excluding hydrogens is 393 g/mol. The van der Waals surface area contributed by atoms with Gasteiger partial charge in [0.05, 0.1) is 33.5 Å². The second-order valence-electron chi connectivity index (χ2n) is 7.08. The third-order valence-corrected chi connectivity index (χ3v) is 6.43. The highest BCUT2D eigenvalue weighted by Crippen LogP contribution is 2.55. The van der Waals surface area contributed by atoms with Crippen LogP contribution in [0.3, 0.4) is 0 Å². The first kappa shape index (κ1) is 20.2. The predicted molar refractivity (Wildman–Crippen MR) is 108 cm³/mol. The van der Waals surface area contributed by atoms with E-state index >= 15 is 0 Å². The Hall–Kier alpha value is -2.49. The van der Waals surface area contributed by atoms with Crippen LogP contribution >= 0.6 is 23.2 Å². The molecular formula is C21H19Cl2N5. The van der Waals surface area contributed by atoms with Gasteiger partial charge in [0.25, 0.3) is 0 Å². The maximum absolute atomic E-state index is 10.1. The molecule has 0 fully saturated rings. The predicted octanol–water partition coefficient (Wildman–Crippen LogP) is 4.13. The van der Waals surface area contributed by atoms with E-state index in [0.717, 1.165) is 18.5 Å². The minimum absolute atomic E-state index is 0.00696. The lowest BCUT2D eigenvalue weighted by atomic mass is 9.58. The topological polar surface area (TPSA) is 101 Å². The molecule has 0 radical (unpaired) electrons. The van der Waals surface area contributed by atoms with Crippen molar-refractivity contribution in [3.63, 3.8) is 0 Å². The first-order valence-electron chi connectivity index (χ1n) is 9.04. The van der Waals surface area contributed by atoms with Crippen molar-refractivity contribution < 1.29 is 0 Å². The minimum atomic E-state index is -1.70. The van der Waals surface area contributed by atoms with Gasteiger partial charge in [0.1, 0.15) is 6.07 Å². The highest BCUT2D eigenvalue weighted by Gasteiger charge is 2.55. The molecule has 2 N–H and O–H groups in total. The van der Waals surface area contributed by atoms with Gasteiger partial charge in [0, 0.05) is 24.9 Å². The van der Waals surface area contributed by atoms with Crippen molar-refractivity contribution in [2.75, 3.05) is 19.6 Å². The van der Waals surface area contributed by atoms with Gasteiger partial charge in [0.2, 0.25) is 0 Å². The van der Waals surface area contributed by atoms with Crippen LogP contribution in [0.15, 0.2) is 41.1 Å². The van der Waals surface area contributed by atoms with Gasteiger partial charge < -0.3 is 5.73 Å². The van der Waals surface area contributed by atoms with Gasteiger partial charge in [0.15, 0.2) is 5.41 Å². The summed E-state index contributed by atoms with van der Waals surface area (Å²) in [6, 6.07) is 11.5. The largest absolute Gasteiger partial charge is 0.399 e. The Morgan fingerprint density at radius 2 is 1.96 bits per heavy atom. The van der Waals surface area contributed by atoms with Crippen LogP contribution in [0.1, 0.15) is 24.8 Å². The molecule has 0 amide bonds. The Labute approximate surface area is 174 Å². The molecule has 28 heavy (non-hydrogen) atoms. The Morgan fingerprint density at radius 3 is 2.57 bits per heavy atom. The molecule has 5 nitrogen and oxygen atoms in total. The van der Waals surface area contributed by atoms with E-state index < -0.39 is 11.3 Å². The summed E-state index contributed by atoms with van der Waals surface area (Å²) in [7, 11) is 0. The van der Waals surface area contributed by atoms with Crippen molar-refractivity contribution in [3.8, 4) is 18.2 Å². The van der Waals surface area contributed by atoms with Gasteiger partial charge >= 0.3 is 0 Å². The summed E-state index contributed by atoms with van der Waals surface area (Å²) in [5.74, 6) is -0.894. The van der Waals surface area contributed by atoms with Crippen LogP contribution in [-0.2, 0) is 0 Å². The first-order valence-corrected chi connectivity index (χ1v) is 9.80. The molecule has 1 heterocycles. The lowest BCUT2D eigenvalue weighted by Gasteiger charge is -2.45. The van der Waals surface area contributed by atoms with E-state index in [9.17, 15) is 15.8 Å². The molecule has 3 rings (SSSR count). The highest BCUT2D eigenvalue weighted by molar-refractivity contribution is 6.42. The van der Waals surface area contributed by atoms with Crippen molar-refractivity contribution in [3.05, 3.63) is 56.7 Å². The van der Waals surface area contributed by atoms with E-state index in [1.165, 1.54) is 0 Å². The van der Waals surface area contributed by atoms with Gasteiger partial charge in [-0.2, -0.15) is 15.8 Å². The third-order valence-electron chi connectivity index (χ3n) is 5.60. The normalized spacial score (nSPS) is 23.8. The molecule has 0 aromatic heterocycles. The number of halogens is 2. The summed E-state index contributed by atoms with van der Waals surface area (Å²) in [6.45, 7) is 4.28. The van der Waals surface area contributed by atoms with E-state index in [1.54, 1.807) is 18.2 Å². The number of hydrogen-bond acceptors (Lipinski definition) is 5. The fourth-order valence-corrected chi connectivity index (χ4v) is 4.77.